The van der Waals surface area contributed by atoms with Crippen LogP contribution in [0.25, 0.3) is 0 Å². The Morgan fingerprint density at radius 2 is 1.67 bits per heavy atom. The zero-order valence-corrected chi connectivity index (χ0v) is 14.1. The van der Waals surface area contributed by atoms with Gasteiger partial charge in [-0.3, -0.25) is 9.59 Å². The maximum atomic E-state index is 11.8. The molecule has 116 valence electrons. The molecule has 0 unspecified atom stereocenters. The fourth-order valence-electron chi connectivity index (χ4n) is 1.89. The minimum absolute atomic E-state index is 0.000299. The molecule has 0 bridgehead atoms. The van der Waals surface area contributed by atoms with E-state index in [0.29, 0.717) is 24.5 Å². The van der Waals surface area contributed by atoms with Crippen LogP contribution < -0.4 is 10.6 Å². The van der Waals surface area contributed by atoms with Gasteiger partial charge in [0.25, 0.3) is 0 Å². The molecule has 0 aromatic heterocycles. The van der Waals surface area contributed by atoms with Crippen LogP contribution in [0.15, 0.2) is 30.3 Å². The molecule has 0 heterocycles. The second-order valence-corrected chi connectivity index (χ2v) is 6.36. The van der Waals surface area contributed by atoms with E-state index in [1.54, 1.807) is 0 Å². The van der Waals surface area contributed by atoms with Crippen molar-refractivity contribution in [2.24, 2.45) is 0 Å². The fraction of sp³-hybridized carbons (Fsp3) is 0.467. The van der Waals surface area contributed by atoms with Crippen molar-refractivity contribution in [2.45, 2.75) is 12.5 Å². The lowest BCUT2D eigenvalue weighted by atomic mass is 10.1. The predicted molar refractivity (Wildman–Crippen MR) is 91.9 cm³/mol. The molecular weight excluding hydrogens is 304 g/mol. The van der Waals surface area contributed by atoms with Crippen molar-refractivity contribution in [3.05, 3.63) is 35.9 Å². The molecule has 0 radical (unpaired) electrons. The summed E-state index contributed by atoms with van der Waals surface area (Å²) in [5.74, 6) is 0.878. The zero-order chi connectivity index (χ0) is 15.5. The van der Waals surface area contributed by atoms with Gasteiger partial charge in [0.05, 0.1) is 17.5 Å². The molecule has 2 amide bonds. The van der Waals surface area contributed by atoms with E-state index in [1.165, 1.54) is 23.5 Å². The second kappa shape index (κ2) is 10.6. The van der Waals surface area contributed by atoms with Crippen LogP contribution in [0, 0.1) is 0 Å². The third kappa shape index (κ3) is 8.02. The normalized spacial score (nSPS) is 11.7. The number of nitrogens with one attached hydrogen (secondary N) is 2. The van der Waals surface area contributed by atoms with Gasteiger partial charge < -0.3 is 10.6 Å². The summed E-state index contributed by atoms with van der Waals surface area (Å²) in [7, 11) is 0. The molecule has 0 aliphatic heterocycles. The highest BCUT2D eigenvalue weighted by atomic mass is 32.2. The van der Waals surface area contributed by atoms with Gasteiger partial charge in [0.1, 0.15) is 0 Å². The van der Waals surface area contributed by atoms with Crippen LogP contribution in [0.1, 0.15) is 5.56 Å². The summed E-state index contributed by atoms with van der Waals surface area (Å²) < 4.78 is 0. The van der Waals surface area contributed by atoms with Gasteiger partial charge in [0.15, 0.2) is 0 Å². The highest BCUT2D eigenvalue weighted by Gasteiger charge is 2.14. The summed E-state index contributed by atoms with van der Waals surface area (Å²) in [6.45, 7) is 0.453. The summed E-state index contributed by atoms with van der Waals surface area (Å²) in [5, 5.41) is 5.85. The number of benzene rings is 1. The van der Waals surface area contributed by atoms with Gasteiger partial charge in [0, 0.05) is 6.54 Å². The van der Waals surface area contributed by atoms with Gasteiger partial charge in [-0.1, -0.05) is 30.3 Å². The Morgan fingerprint density at radius 1 is 1.05 bits per heavy atom. The van der Waals surface area contributed by atoms with Crippen molar-refractivity contribution < 1.29 is 9.59 Å². The number of thioether (sulfide) groups is 2. The monoisotopic (exact) mass is 326 g/mol. The molecule has 1 aromatic rings. The smallest absolute Gasteiger partial charge is 0.230 e. The number of hydrogen-bond acceptors (Lipinski definition) is 4. The van der Waals surface area contributed by atoms with Crippen molar-refractivity contribution in [1.29, 1.82) is 0 Å². The summed E-state index contributed by atoms with van der Waals surface area (Å²) in [4.78, 5) is 23.3. The minimum Gasteiger partial charge on any atom is -0.353 e. The highest BCUT2D eigenvalue weighted by Crippen LogP contribution is 2.03. The first-order chi connectivity index (χ1) is 10.2. The number of carbonyl (C=O) groups excluding carboxylic acids is 2. The van der Waals surface area contributed by atoms with Gasteiger partial charge in [-0.15, -0.1) is 0 Å². The van der Waals surface area contributed by atoms with Crippen LogP contribution in [0.5, 0.6) is 0 Å². The van der Waals surface area contributed by atoms with Crippen LogP contribution in [-0.2, 0) is 16.0 Å². The van der Waals surface area contributed by atoms with E-state index in [0.717, 1.165) is 5.56 Å². The summed E-state index contributed by atoms with van der Waals surface area (Å²) in [6, 6.07) is 9.88. The van der Waals surface area contributed by atoms with Gasteiger partial charge in [-0.25, -0.2) is 0 Å². The molecule has 0 aliphatic carbocycles. The number of carbonyl (C=O) groups is 2. The topological polar surface area (TPSA) is 58.2 Å². The van der Waals surface area contributed by atoms with Crippen molar-refractivity contribution in [3.63, 3.8) is 0 Å². The third-order valence-corrected chi connectivity index (χ3v) is 3.89. The quantitative estimate of drug-likeness (QED) is 0.723. The van der Waals surface area contributed by atoms with E-state index in [4.69, 9.17) is 0 Å². The largest absolute Gasteiger partial charge is 0.353 e. The van der Waals surface area contributed by atoms with Crippen LogP contribution in [0.3, 0.4) is 0 Å². The molecule has 1 atom stereocenters. The van der Waals surface area contributed by atoms with E-state index >= 15 is 0 Å². The summed E-state index contributed by atoms with van der Waals surface area (Å²) in [5.41, 5.74) is 1.14. The van der Waals surface area contributed by atoms with Crippen LogP contribution >= 0.6 is 23.5 Å². The number of amides is 2. The molecule has 21 heavy (non-hydrogen) atoms. The van der Waals surface area contributed by atoms with Crippen molar-refractivity contribution in [3.8, 4) is 0 Å². The Bertz CT molecular complexity index is 441. The Kier molecular flexibility index (Phi) is 9.01. The Balaban J connectivity index is 2.56. The first-order valence-electron chi connectivity index (χ1n) is 6.73. The first kappa shape index (κ1) is 17.9. The SMILES string of the molecule is CSCC(=O)NC[C@@H](Cc1ccccc1)NC(=O)CSC. The third-order valence-electron chi connectivity index (χ3n) is 2.79. The highest BCUT2D eigenvalue weighted by molar-refractivity contribution is 7.99. The number of rotatable bonds is 9. The molecule has 0 fully saturated rings. The maximum Gasteiger partial charge on any atom is 0.230 e. The molecule has 1 rings (SSSR count). The molecule has 0 aliphatic rings. The van der Waals surface area contributed by atoms with Gasteiger partial charge >= 0.3 is 0 Å². The maximum absolute atomic E-state index is 11.8. The number of hydrogen-bond donors (Lipinski definition) is 2. The Morgan fingerprint density at radius 3 is 2.29 bits per heavy atom. The molecule has 1 aromatic carbocycles. The molecule has 0 saturated carbocycles. The first-order valence-corrected chi connectivity index (χ1v) is 9.52. The lowest BCUT2D eigenvalue weighted by molar-refractivity contribution is -0.121. The molecule has 0 saturated heterocycles. The van der Waals surface area contributed by atoms with E-state index < -0.39 is 0 Å². The summed E-state index contributed by atoms with van der Waals surface area (Å²) in [6.07, 6.45) is 4.49. The van der Waals surface area contributed by atoms with Crippen LogP contribution in [0.2, 0.25) is 0 Å². The van der Waals surface area contributed by atoms with Crippen molar-refractivity contribution in [2.75, 3.05) is 30.6 Å². The van der Waals surface area contributed by atoms with Gasteiger partial charge in [-0.2, -0.15) is 23.5 Å². The van der Waals surface area contributed by atoms with Crippen LogP contribution in [0.4, 0.5) is 0 Å². The Hall–Kier alpha value is -1.14. The molecular formula is C15H22N2O2S2. The lowest BCUT2D eigenvalue weighted by Gasteiger charge is -2.19. The molecule has 4 nitrogen and oxygen atoms in total. The fourth-order valence-corrected chi connectivity index (χ4v) is 2.60. The van der Waals surface area contributed by atoms with Crippen LogP contribution in [-0.4, -0.2) is 48.4 Å². The standard InChI is InChI=1S/C15H22N2O2S2/c1-20-10-14(18)16-9-13(17-15(19)11-21-2)8-12-6-4-3-5-7-12/h3-7,13H,8-11H2,1-2H3,(H,16,18)(H,17,19)/t13-/m1/s1. The second-order valence-electron chi connectivity index (χ2n) is 4.62. The van der Waals surface area contributed by atoms with E-state index in [2.05, 4.69) is 10.6 Å². The van der Waals surface area contributed by atoms with E-state index in [1.807, 2.05) is 42.8 Å². The predicted octanol–water partition coefficient (Wildman–Crippen LogP) is 1.56. The molecule has 2 N–H and O–H groups in total. The van der Waals surface area contributed by atoms with Crippen molar-refractivity contribution >= 4 is 35.3 Å². The van der Waals surface area contributed by atoms with Gasteiger partial charge in [-0.05, 0) is 24.5 Å². The Labute approximate surface area is 134 Å². The average Bonchev–Trinajstić information content (AvgIpc) is 2.46. The zero-order valence-electron chi connectivity index (χ0n) is 12.4. The minimum atomic E-state index is -0.0853. The molecule has 6 heteroatoms. The summed E-state index contributed by atoms with van der Waals surface area (Å²) >= 11 is 2.97. The van der Waals surface area contributed by atoms with Crippen molar-refractivity contribution in [1.82, 2.24) is 10.6 Å². The van der Waals surface area contributed by atoms with E-state index in [-0.39, 0.29) is 17.9 Å². The van der Waals surface area contributed by atoms with Gasteiger partial charge in [0.2, 0.25) is 11.8 Å². The lowest BCUT2D eigenvalue weighted by Crippen LogP contribution is -2.46. The average molecular weight is 326 g/mol. The molecule has 0 spiro atoms. The van der Waals surface area contributed by atoms with E-state index in [9.17, 15) is 9.59 Å².